The Kier molecular flexibility index (Phi) is 3.99. The van der Waals surface area contributed by atoms with Crippen LogP contribution in [0, 0.1) is 10.1 Å². The van der Waals surface area contributed by atoms with E-state index in [0.29, 0.717) is 5.56 Å². The van der Waals surface area contributed by atoms with E-state index in [1.165, 1.54) is 12.1 Å². The molecule has 0 atom stereocenters. The summed E-state index contributed by atoms with van der Waals surface area (Å²) in [5.74, 6) is 0. The van der Waals surface area contributed by atoms with E-state index in [-0.39, 0.29) is 5.69 Å². The van der Waals surface area contributed by atoms with Gasteiger partial charge in [-0.15, -0.1) is 0 Å². The number of imidazole rings is 1. The van der Waals surface area contributed by atoms with Gasteiger partial charge in [0.1, 0.15) is 5.65 Å². The standard InChI is InChI=1S/C20H14N4O2/c25-24(26)18-5-3-4-15(12-18)13-21-17-9-7-16(8-10-17)19-14-23-11-2-1-6-20(23)22-19/h1-14H. The zero-order valence-electron chi connectivity index (χ0n) is 13.7. The fourth-order valence-corrected chi connectivity index (χ4v) is 2.66. The van der Waals surface area contributed by atoms with Crippen LogP contribution in [0.1, 0.15) is 5.56 Å². The van der Waals surface area contributed by atoms with Gasteiger partial charge >= 0.3 is 0 Å². The van der Waals surface area contributed by atoms with Crippen molar-refractivity contribution in [2.75, 3.05) is 0 Å². The number of hydrogen-bond acceptors (Lipinski definition) is 4. The van der Waals surface area contributed by atoms with Crippen LogP contribution < -0.4 is 0 Å². The third kappa shape index (κ3) is 3.21. The number of hydrogen-bond donors (Lipinski definition) is 0. The molecule has 26 heavy (non-hydrogen) atoms. The second-order valence-corrected chi connectivity index (χ2v) is 5.75. The van der Waals surface area contributed by atoms with Crippen molar-refractivity contribution in [3.8, 4) is 11.3 Å². The number of non-ortho nitro benzene ring substituents is 1. The molecule has 0 aliphatic rings. The van der Waals surface area contributed by atoms with Crippen molar-refractivity contribution >= 4 is 23.2 Å². The highest BCUT2D eigenvalue weighted by Gasteiger charge is 2.05. The van der Waals surface area contributed by atoms with Gasteiger partial charge in [-0.25, -0.2) is 4.98 Å². The summed E-state index contributed by atoms with van der Waals surface area (Å²) >= 11 is 0. The SMILES string of the molecule is O=[N+]([O-])c1cccc(C=Nc2ccc(-c3cn4ccccc4n3)cc2)c1. The molecule has 0 spiro atoms. The van der Waals surface area contributed by atoms with E-state index in [2.05, 4.69) is 9.98 Å². The summed E-state index contributed by atoms with van der Waals surface area (Å²) in [5, 5.41) is 10.8. The number of aliphatic imine (C=N–C) groups is 1. The molecule has 4 aromatic rings. The molecular formula is C20H14N4O2. The molecule has 0 aliphatic carbocycles. The number of nitrogens with zero attached hydrogens (tertiary/aromatic N) is 4. The quantitative estimate of drug-likeness (QED) is 0.307. The smallest absolute Gasteiger partial charge is 0.270 e. The predicted molar refractivity (Wildman–Crippen MR) is 101 cm³/mol. The van der Waals surface area contributed by atoms with Gasteiger partial charge in [-0.05, 0) is 29.8 Å². The minimum Gasteiger partial charge on any atom is -0.306 e. The molecule has 0 amide bonds. The van der Waals surface area contributed by atoms with Gasteiger partial charge in [-0.2, -0.15) is 0 Å². The summed E-state index contributed by atoms with van der Waals surface area (Å²) in [6.45, 7) is 0. The first-order chi connectivity index (χ1) is 12.7. The number of aromatic nitrogens is 2. The third-order valence-electron chi connectivity index (χ3n) is 3.97. The Balaban J connectivity index is 1.56. The first-order valence-electron chi connectivity index (χ1n) is 8.02. The first kappa shape index (κ1) is 15.7. The van der Waals surface area contributed by atoms with E-state index in [4.69, 9.17) is 0 Å². The van der Waals surface area contributed by atoms with E-state index in [1.807, 2.05) is 59.3 Å². The third-order valence-corrected chi connectivity index (χ3v) is 3.97. The number of rotatable bonds is 4. The van der Waals surface area contributed by atoms with Crippen molar-refractivity contribution in [2.45, 2.75) is 0 Å². The van der Waals surface area contributed by atoms with Crippen LogP contribution in [0.5, 0.6) is 0 Å². The van der Waals surface area contributed by atoms with Gasteiger partial charge in [-0.3, -0.25) is 15.1 Å². The molecule has 0 saturated heterocycles. The Bertz CT molecular complexity index is 1080. The molecule has 6 nitrogen and oxygen atoms in total. The Hall–Kier alpha value is -3.80. The van der Waals surface area contributed by atoms with E-state index < -0.39 is 4.92 Å². The molecule has 6 heteroatoms. The average Bonchev–Trinajstić information content (AvgIpc) is 3.11. The summed E-state index contributed by atoms with van der Waals surface area (Å²) in [4.78, 5) is 19.4. The van der Waals surface area contributed by atoms with E-state index in [9.17, 15) is 10.1 Å². The van der Waals surface area contributed by atoms with Crippen molar-refractivity contribution in [1.82, 2.24) is 9.38 Å². The van der Waals surface area contributed by atoms with Crippen LogP contribution >= 0.6 is 0 Å². The fraction of sp³-hybridized carbons (Fsp3) is 0. The van der Waals surface area contributed by atoms with Crippen molar-refractivity contribution in [1.29, 1.82) is 0 Å². The zero-order valence-corrected chi connectivity index (χ0v) is 13.7. The molecule has 0 saturated carbocycles. The number of nitro benzene ring substituents is 1. The largest absolute Gasteiger partial charge is 0.306 e. The highest BCUT2D eigenvalue weighted by molar-refractivity contribution is 5.83. The average molecular weight is 342 g/mol. The normalized spacial score (nSPS) is 11.2. The lowest BCUT2D eigenvalue weighted by molar-refractivity contribution is -0.384. The summed E-state index contributed by atoms with van der Waals surface area (Å²) in [6.07, 6.45) is 5.56. The maximum absolute atomic E-state index is 10.8. The number of nitro groups is 1. The molecule has 2 aromatic heterocycles. The second-order valence-electron chi connectivity index (χ2n) is 5.75. The van der Waals surface area contributed by atoms with Gasteiger partial charge in [0.15, 0.2) is 0 Å². The van der Waals surface area contributed by atoms with Crippen molar-refractivity contribution in [2.24, 2.45) is 4.99 Å². The fourth-order valence-electron chi connectivity index (χ4n) is 2.66. The summed E-state index contributed by atoms with van der Waals surface area (Å²) < 4.78 is 1.98. The van der Waals surface area contributed by atoms with Gasteiger partial charge < -0.3 is 4.40 Å². The monoisotopic (exact) mass is 342 g/mol. The molecule has 0 fully saturated rings. The van der Waals surface area contributed by atoms with E-state index in [1.54, 1.807) is 18.3 Å². The molecule has 0 N–H and O–H groups in total. The molecule has 0 radical (unpaired) electrons. The van der Waals surface area contributed by atoms with Gasteiger partial charge in [0.05, 0.1) is 16.3 Å². The lowest BCUT2D eigenvalue weighted by Crippen LogP contribution is -1.89. The minimum absolute atomic E-state index is 0.0520. The molecular weight excluding hydrogens is 328 g/mol. The highest BCUT2D eigenvalue weighted by Crippen LogP contribution is 2.22. The molecule has 2 heterocycles. The van der Waals surface area contributed by atoms with Crippen molar-refractivity contribution < 1.29 is 4.92 Å². The molecule has 126 valence electrons. The van der Waals surface area contributed by atoms with Crippen LogP contribution in [0.3, 0.4) is 0 Å². The summed E-state index contributed by atoms with van der Waals surface area (Å²) in [6, 6.07) is 20.0. The van der Waals surface area contributed by atoms with E-state index in [0.717, 1.165) is 22.6 Å². The highest BCUT2D eigenvalue weighted by atomic mass is 16.6. The number of fused-ring (bicyclic) bond motifs is 1. The Labute approximate surface area is 149 Å². The zero-order chi connectivity index (χ0) is 17.9. The predicted octanol–water partition coefficient (Wildman–Crippen LogP) is 4.66. The summed E-state index contributed by atoms with van der Waals surface area (Å²) in [7, 11) is 0. The van der Waals surface area contributed by atoms with Gasteiger partial charge in [0.2, 0.25) is 0 Å². The Morgan fingerprint density at radius 3 is 2.65 bits per heavy atom. The maximum atomic E-state index is 10.8. The molecule has 4 rings (SSSR count). The topological polar surface area (TPSA) is 72.8 Å². The second kappa shape index (κ2) is 6.60. The van der Waals surface area contributed by atoms with Crippen LogP contribution in [0.15, 0.2) is 84.1 Å². The van der Waals surface area contributed by atoms with Gasteiger partial charge in [0.25, 0.3) is 5.69 Å². The number of pyridine rings is 1. The Morgan fingerprint density at radius 2 is 1.88 bits per heavy atom. The van der Waals surface area contributed by atoms with Crippen molar-refractivity contribution in [3.63, 3.8) is 0 Å². The molecule has 2 aromatic carbocycles. The van der Waals surface area contributed by atoms with E-state index >= 15 is 0 Å². The maximum Gasteiger partial charge on any atom is 0.270 e. The van der Waals surface area contributed by atoms with Crippen LogP contribution in [-0.4, -0.2) is 20.5 Å². The van der Waals surface area contributed by atoms with Crippen LogP contribution in [0.4, 0.5) is 11.4 Å². The Morgan fingerprint density at radius 1 is 1.04 bits per heavy atom. The summed E-state index contributed by atoms with van der Waals surface area (Å²) in [5.41, 5.74) is 4.30. The van der Waals surface area contributed by atoms with Crippen LogP contribution in [0.25, 0.3) is 16.9 Å². The first-order valence-corrected chi connectivity index (χ1v) is 8.02. The lowest BCUT2D eigenvalue weighted by Gasteiger charge is -1.98. The minimum atomic E-state index is -0.416. The van der Waals surface area contributed by atoms with Gasteiger partial charge in [-0.1, -0.05) is 30.3 Å². The van der Waals surface area contributed by atoms with Crippen molar-refractivity contribution in [3.05, 3.63) is 94.8 Å². The van der Waals surface area contributed by atoms with Crippen LogP contribution in [0.2, 0.25) is 0 Å². The molecule has 0 aliphatic heterocycles. The van der Waals surface area contributed by atoms with Gasteiger partial charge in [0, 0.05) is 36.3 Å². The number of benzene rings is 2. The molecule has 0 unspecified atom stereocenters. The van der Waals surface area contributed by atoms with Crippen LogP contribution in [-0.2, 0) is 0 Å². The molecule has 0 bridgehead atoms. The lowest BCUT2D eigenvalue weighted by atomic mass is 10.1.